The molecule has 0 aromatic rings. The average molecular weight is 192 g/mol. The highest BCUT2D eigenvalue weighted by Gasteiger charge is 2.26. The van der Waals surface area contributed by atoms with Crippen LogP contribution in [0.1, 0.15) is 12.8 Å². The lowest BCUT2D eigenvalue weighted by Crippen LogP contribution is -2.41. The third-order valence-corrected chi connectivity index (χ3v) is 2.52. The van der Waals surface area contributed by atoms with Gasteiger partial charge in [0.05, 0.1) is 6.54 Å². The minimum absolute atomic E-state index is 0.0782. The maximum atomic E-state index is 11.0. The van der Waals surface area contributed by atoms with Crippen molar-refractivity contribution in [3.05, 3.63) is 0 Å². The zero-order valence-corrected chi connectivity index (χ0v) is 7.32. The SMILES string of the molecule is N=C(N)CNS(=O)(=O)NC1CC1. The average Bonchev–Trinajstić information content (AvgIpc) is 2.67. The van der Waals surface area contributed by atoms with E-state index in [2.05, 4.69) is 9.44 Å². The third-order valence-electron chi connectivity index (χ3n) is 1.35. The number of nitrogens with two attached hydrogens (primary N) is 1. The monoisotopic (exact) mass is 192 g/mol. The lowest BCUT2D eigenvalue weighted by atomic mass is 10.6. The minimum Gasteiger partial charge on any atom is -0.387 e. The highest BCUT2D eigenvalue weighted by Crippen LogP contribution is 2.19. The molecule has 0 amide bonds. The fraction of sp³-hybridized carbons (Fsp3) is 0.800. The molecule has 0 bridgehead atoms. The van der Waals surface area contributed by atoms with E-state index in [4.69, 9.17) is 11.1 Å². The van der Waals surface area contributed by atoms with Crippen LogP contribution in [0, 0.1) is 5.41 Å². The van der Waals surface area contributed by atoms with Gasteiger partial charge in [0, 0.05) is 6.04 Å². The molecule has 0 aromatic heterocycles. The smallest absolute Gasteiger partial charge is 0.277 e. The number of nitrogens with one attached hydrogen (secondary N) is 3. The molecule has 1 fully saturated rings. The van der Waals surface area contributed by atoms with Gasteiger partial charge in [0.15, 0.2) is 0 Å². The van der Waals surface area contributed by atoms with Crippen molar-refractivity contribution in [2.45, 2.75) is 18.9 Å². The summed E-state index contributed by atoms with van der Waals surface area (Å²) in [4.78, 5) is 0. The Morgan fingerprint density at radius 1 is 1.58 bits per heavy atom. The molecule has 0 radical (unpaired) electrons. The van der Waals surface area contributed by atoms with Crippen LogP contribution in [0.5, 0.6) is 0 Å². The van der Waals surface area contributed by atoms with Crippen molar-refractivity contribution in [1.82, 2.24) is 9.44 Å². The number of amidine groups is 1. The Morgan fingerprint density at radius 3 is 2.58 bits per heavy atom. The van der Waals surface area contributed by atoms with E-state index in [1.165, 1.54) is 0 Å². The molecule has 1 rings (SSSR count). The molecule has 1 aliphatic rings. The molecule has 6 nitrogen and oxygen atoms in total. The van der Waals surface area contributed by atoms with Gasteiger partial charge < -0.3 is 5.73 Å². The van der Waals surface area contributed by atoms with Gasteiger partial charge >= 0.3 is 0 Å². The lowest BCUT2D eigenvalue weighted by molar-refractivity contribution is 0.570. The summed E-state index contributed by atoms with van der Waals surface area (Å²) < 4.78 is 26.6. The zero-order valence-electron chi connectivity index (χ0n) is 6.50. The van der Waals surface area contributed by atoms with E-state index in [0.717, 1.165) is 12.8 Å². The van der Waals surface area contributed by atoms with E-state index in [9.17, 15) is 8.42 Å². The second kappa shape index (κ2) is 3.38. The molecular formula is C5H12N4O2S. The molecule has 0 atom stereocenters. The normalized spacial score (nSPS) is 17.7. The summed E-state index contributed by atoms with van der Waals surface area (Å²) in [5, 5.41) is 6.80. The highest BCUT2D eigenvalue weighted by atomic mass is 32.2. The van der Waals surface area contributed by atoms with Crippen molar-refractivity contribution >= 4 is 16.0 Å². The molecule has 0 aliphatic heterocycles. The Labute approximate surface area is 71.2 Å². The van der Waals surface area contributed by atoms with E-state index >= 15 is 0 Å². The van der Waals surface area contributed by atoms with Crippen LogP contribution in [-0.4, -0.2) is 26.8 Å². The summed E-state index contributed by atoms with van der Waals surface area (Å²) in [5.74, 6) is -0.198. The fourth-order valence-corrected chi connectivity index (χ4v) is 1.74. The molecule has 0 saturated heterocycles. The summed E-state index contributed by atoms with van der Waals surface area (Å²) in [6.07, 6.45) is 1.78. The minimum atomic E-state index is -3.43. The first-order valence-corrected chi connectivity index (χ1v) is 5.08. The number of rotatable bonds is 5. The van der Waals surface area contributed by atoms with Crippen LogP contribution in [0.3, 0.4) is 0 Å². The Kier molecular flexibility index (Phi) is 2.65. The first kappa shape index (κ1) is 9.43. The number of hydrogen-bond donors (Lipinski definition) is 4. The third kappa shape index (κ3) is 3.65. The molecule has 5 N–H and O–H groups in total. The summed E-state index contributed by atoms with van der Waals surface area (Å²) >= 11 is 0. The molecule has 0 heterocycles. The highest BCUT2D eigenvalue weighted by molar-refractivity contribution is 7.87. The molecular weight excluding hydrogens is 180 g/mol. The van der Waals surface area contributed by atoms with E-state index in [1.807, 2.05) is 0 Å². The largest absolute Gasteiger partial charge is 0.387 e. The maximum Gasteiger partial charge on any atom is 0.277 e. The van der Waals surface area contributed by atoms with Crippen molar-refractivity contribution in [2.75, 3.05) is 6.54 Å². The van der Waals surface area contributed by atoms with Crippen molar-refractivity contribution in [2.24, 2.45) is 5.73 Å². The Bertz CT molecular complexity index is 269. The summed E-state index contributed by atoms with van der Waals surface area (Å²) in [6.45, 7) is -0.137. The second-order valence-corrected chi connectivity index (χ2v) is 4.27. The van der Waals surface area contributed by atoms with Crippen molar-refractivity contribution in [3.8, 4) is 0 Å². The lowest BCUT2D eigenvalue weighted by Gasteiger charge is -2.05. The van der Waals surface area contributed by atoms with Gasteiger partial charge in [-0.15, -0.1) is 0 Å². The molecule has 12 heavy (non-hydrogen) atoms. The van der Waals surface area contributed by atoms with Crippen molar-refractivity contribution in [1.29, 1.82) is 5.41 Å². The summed E-state index contributed by atoms with van der Waals surface area (Å²) in [7, 11) is -3.43. The predicted octanol–water partition coefficient (Wildman–Crippen LogP) is -1.49. The topological polar surface area (TPSA) is 108 Å². The summed E-state index contributed by atoms with van der Waals surface area (Å²) in [5.41, 5.74) is 4.97. The van der Waals surface area contributed by atoms with Gasteiger partial charge in [-0.3, -0.25) is 5.41 Å². The summed E-state index contributed by atoms with van der Waals surface area (Å²) in [6, 6.07) is 0.0782. The molecule has 1 saturated carbocycles. The van der Waals surface area contributed by atoms with Crippen LogP contribution in [-0.2, 0) is 10.2 Å². The van der Waals surface area contributed by atoms with Gasteiger partial charge in [-0.25, -0.2) is 0 Å². The molecule has 0 aromatic carbocycles. The van der Waals surface area contributed by atoms with E-state index in [0.29, 0.717) is 0 Å². The molecule has 0 unspecified atom stereocenters. The quantitative estimate of drug-likeness (QED) is 0.315. The zero-order chi connectivity index (χ0) is 9.19. The van der Waals surface area contributed by atoms with Crippen LogP contribution in [0.25, 0.3) is 0 Å². The first-order valence-electron chi connectivity index (χ1n) is 3.59. The van der Waals surface area contributed by atoms with Gasteiger partial charge in [-0.1, -0.05) is 0 Å². The van der Waals surface area contributed by atoms with E-state index < -0.39 is 10.2 Å². The van der Waals surface area contributed by atoms with Gasteiger partial charge in [0.2, 0.25) is 0 Å². The number of hydrogen-bond acceptors (Lipinski definition) is 3. The van der Waals surface area contributed by atoms with Crippen LogP contribution < -0.4 is 15.2 Å². The van der Waals surface area contributed by atoms with Gasteiger partial charge in [-0.2, -0.15) is 17.9 Å². The fourth-order valence-electron chi connectivity index (χ4n) is 0.635. The van der Waals surface area contributed by atoms with Gasteiger partial charge in [0.25, 0.3) is 10.2 Å². The maximum absolute atomic E-state index is 11.0. The van der Waals surface area contributed by atoms with E-state index in [1.54, 1.807) is 0 Å². The van der Waals surface area contributed by atoms with Crippen LogP contribution in [0.15, 0.2) is 0 Å². The van der Waals surface area contributed by atoms with Gasteiger partial charge in [-0.05, 0) is 12.8 Å². The second-order valence-electron chi connectivity index (χ2n) is 2.74. The van der Waals surface area contributed by atoms with Crippen LogP contribution in [0.4, 0.5) is 0 Å². The van der Waals surface area contributed by atoms with Crippen molar-refractivity contribution in [3.63, 3.8) is 0 Å². The predicted molar refractivity (Wildman–Crippen MR) is 45.0 cm³/mol. The first-order chi connectivity index (χ1) is 5.49. The molecule has 0 spiro atoms. The van der Waals surface area contributed by atoms with Crippen LogP contribution in [0.2, 0.25) is 0 Å². The van der Waals surface area contributed by atoms with Crippen LogP contribution >= 0.6 is 0 Å². The molecule has 1 aliphatic carbocycles. The standard InChI is InChI=1S/C5H12N4O2S/c6-5(7)3-8-12(10,11)9-4-1-2-4/h4,8-9H,1-3H2,(H3,6,7). The molecule has 7 heteroatoms. The Morgan fingerprint density at radius 2 is 2.17 bits per heavy atom. The van der Waals surface area contributed by atoms with Gasteiger partial charge in [0.1, 0.15) is 5.84 Å². The molecule has 70 valence electrons. The Balaban J connectivity index is 2.31. The van der Waals surface area contributed by atoms with Crippen molar-refractivity contribution < 1.29 is 8.42 Å². The Hall–Kier alpha value is -0.660. The van der Waals surface area contributed by atoms with E-state index in [-0.39, 0.29) is 18.4 Å².